The molecule has 0 aliphatic rings. The van der Waals surface area contributed by atoms with Crippen molar-refractivity contribution in [1.29, 1.82) is 0 Å². The number of thiophene rings is 1. The topological polar surface area (TPSA) is 58.2 Å². The first kappa shape index (κ1) is 18.1. The van der Waals surface area contributed by atoms with Crippen molar-refractivity contribution < 1.29 is 8.42 Å². The quantitative estimate of drug-likeness (QED) is 0.724. The van der Waals surface area contributed by atoms with Gasteiger partial charge in [-0.2, -0.15) is 0 Å². The molecule has 4 nitrogen and oxygen atoms in total. The van der Waals surface area contributed by atoms with Crippen molar-refractivity contribution in [3.8, 4) is 0 Å². The van der Waals surface area contributed by atoms with Crippen LogP contribution in [-0.2, 0) is 16.6 Å². The van der Waals surface area contributed by atoms with Gasteiger partial charge in [0.15, 0.2) is 0 Å². The van der Waals surface area contributed by atoms with Crippen molar-refractivity contribution in [2.75, 3.05) is 13.1 Å². The molecule has 0 unspecified atom stereocenters. The Hall–Kier alpha value is 0.0500. The third kappa shape index (κ3) is 5.11. The van der Waals surface area contributed by atoms with Crippen LogP contribution >= 0.6 is 27.3 Å². The Morgan fingerprint density at radius 3 is 2.55 bits per heavy atom. The molecule has 0 aromatic carbocycles. The highest BCUT2D eigenvalue weighted by Crippen LogP contribution is 2.32. The lowest BCUT2D eigenvalue weighted by Gasteiger charge is -2.22. The second-order valence-electron chi connectivity index (χ2n) is 5.47. The largest absolute Gasteiger partial charge is 0.312 e. The minimum atomic E-state index is -3.45. The average molecular weight is 383 g/mol. The molecule has 0 bridgehead atoms. The molecular formula is C13H23BrN2O2S2. The number of sulfonamides is 1. The summed E-state index contributed by atoms with van der Waals surface area (Å²) in [4.78, 5) is 1.34. The highest BCUT2D eigenvalue weighted by molar-refractivity contribution is 9.11. The lowest BCUT2D eigenvalue weighted by Crippen LogP contribution is -2.33. The first-order chi connectivity index (χ1) is 9.22. The number of nitrogens with one attached hydrogen (secondary N) is 2. The second-order valence-corrected chi connectivity index (χ2v) is 9.66. The first-order valence-corrected chi connectivity index (χ1v) is 9.79. The van der Waals surface area contributed by atoms with Gasteiger partial charge in [0.2, 0.25) is 10.0 Å². The summed E-state index contributed by atoms with van der Waals surface area (Å²) in [5, 5.41) is 3.20. The van der Waals surface area contributed by atoms with Crippen LogP contribution in [0.4, 0.5) is 0 Å². The van der Waals surface area contributed by atoms with Gasteiger partial charge >= 0.3 is 0 Å². The van der Waals surface area contributed by atoms with Crippen LogP contribution in [0, 0.1) is 5.41 Å². The fraction of sp³-hybridized carbons (Fsp3) is 0.692. The minimum Gasteiger partial charge on any atom is -0.312 e. The van der Waals surface area contributed by atoms with Gasteiger partial charge in [-0.1, -0.05) is 27.7 Å². The fourth-order valence-electron chi connectivity index (χ4n) is 1.41. The van der Waals surface area contributed by atoms with Crippen LogP contribution in [0.25, 0.3) is 0 Å². The van der Waals surface area contributed by atoms with Gasteiger partial charge in [-0.25, -0.2) is 13.1 Å². The van der Waals surface area contributed by atoms with Crippen molar-refractivity contribution in [2.24, 2.45) is 5.41 Å². The van der Waals surface area contributed by atoms with Crippen LogP contribution in [0.3, 0.4) is 0 Å². The van der Waals surface area contributed by atoms with E-state index in [2.05, 4.69) is 46.7 Å². The van der Waals surface area contributed by atoms with Gasteiger partial charge in [0, 0.05) is 18.0 Å². The molecule has 0 spiro atoms. The molecule has 116 valence electrons. The minimum absolute atomic E-state index is 0.0395. The van der Waals surface area contributed by atoms with E-state index in [1.54, 1.807) is 6.07 Å². The van der Waals surface area contributed by atoms with Gasteiger partial charge < -0.3 is 5.32 Å². The third-order valence-electron chi connectivity index (χ3n) is 3.24. The van der Waals surface area contributed by atoms with Gasteiger partial charge in [0.25, 0.3) is 0 Å². The van der Waals surface area contributed by atoms with E-state index in [9.17, 15) is 8.42 Å². The standard InChI is InChI=1S/C13H23BrN2O2S2/c1-5-13(3,4)9-16-20(17,18)11-7-10(8-15-6-2)19-12(11)14/h7,15-16H,5-6,8-9H2,1-4H3. The SMILES string of the molecule is CCNCc1cc(S(=O)(=O)NCC(C)(C)CC)c(Br)s1. The van der Waals surface area contributed by atoms with E-state index in [0.717, 1.165) is 17.8 Å². The summed E-state index contributed by atoms with van der Waals surface area (Å²) in [7, 11) is -3.45. The maximum absolute atomic E-state index is 12.3. The van der Waals surface area contributed by atoms with Gasteiger partial charge in [-0.3, -0.25) is 0 Å². The molecule has 0 saturated carbocycles. The van der Waals surface area contributed by atoms with Crippen LogP contribution < -0.4 is 10.0 Å². The molecule has 0 saturated heterocycles. The number of hydrogen-bond donors (Lipinski definition) is 2. The van der Waals surface area contributed by atoms with Crippen molar-refractivity contribution >= 4 is 37.3 Å². The summed E-state index contributed by atoms with van der Waals surface area (Å²) >= 11 is 4.81. The van der Waals surface area contributed by atoms with E-state index >= 15 is 0 Å². The lowest BCUT2D eigenvalue weighted by atomic mass is 9.91. The normalized spacial score (nSPS) is 12.8. The summed E-state index contributed by atoms with van der Waals surface area (Å²) in [6.07, 6.45) is 0.923. The van der Waals surface area contributed by atoms with Crippen LogP contribution in [0.1, 0.15) is 39.0 Å². The molecule has 0 aliphatic heterocycles. The summed E-state index contributed by atoms with van der Waals surface area (Å²) in [5.74, 6) is 0. The Bertz CT molecular complexity index is 539. The van der Waals surface area contributed by atoms with Crippen LogP contribution in [-0.4, -0.2) is 21.5 Å². The maximum atomic E-state index is 12.3. The third-order valence-corrected chi connectivity index (χ3v) is 6.90. The zero-order valence-electron chi connectivity index (χ0n) is 12.4. The Morgan fingerprint density at radius 2 is 2.00 bits per heavy atom. The second kappa shape index (κ2) is 7.35. The van der Waals surface area contributed by atoms with Crippen LogP contribution in [0.5, 0.6) is 0 Å². The Labute approximate surface area is 134 Å². The maximum Gasteiger partial charge on any atom is 0.242 e. The van der Waals surface area contributed by atoms with Crippen molar-refractivity contribution in [3.63, 3.8) is 0 Å². The number of hydrogen-bond acceptors (Lipinski definition) is 4. The lowest BCUT2D eigenvalue weighted by molar-refractivity contribution is 0.350. The molecular weight excluding hydrogens is 360 g/mol. The van der Waals surface area contributed by atoms with Crippen molar-refractivity contribution in [2.45, 2.75) is 45.6 Å². The zero-order chi connectivity index (χ0) is 15.4. The molecule has 1 heterocycles. The van der Waals surface area contributed by atoms with Gasteiger partial charge in [-0.15, -0.1) is 11.3 Å². The van der Waals surface area contributed by atoms with Gasteiger partial charge in [0.1, 0.15) is 4.90 Å². The summed E-state index contributed by atoms with van der Waals surface area (Å²) in [6, 6.07) is 1.73. The molecule has 1 aromatic heterocycles. The molecule has 20 heavy (non-hydrogen) atoms. The molecule has 1 rings (SSSR count). The summed E-state index contributed by atoms with van der Waals surface area (Å²) in [5.41, 5.74) is -0.0395. The molecule has 0 atom stereocenters. The number of rotatable bonds is 8. The smallest absolute Gasteiger partial charge is 0.242 e. The summed E-state index contributed by atoms with van der Waals surface area (Å²) < 4.78 is 28.1. The van der Waals surface area contributed by atoms with E-state index in [4.69, 9.17) is 0 Å². The Balaban J connectivity index is 2.84. The molecule has 0 radical (unpaired) electrons. The van der Waals surface area contributed by atoms with Gasteiger partial charge in [-0.05, 0) is 40.4 Å². The van der Waals surface area contributed by atoms with Crippen molar-refractivity contribution in [1.82, 2.24) is 10.0 Å². The predicted molar refractivity (Wildman–Crippen MR) is 88.7 cm³/mol. The Morgan fingerprint density at radius 1 is 1.35 bits per heavy atom. The highest BCUT2D eigenvalue weighted by atomic mass is 79.9. The number of halogens is 1. The van der Waals surface area contributed by atoms with E-state index in [1.807, 2.05) is 6.92 Å². The highest BCUT2D eigenvalue weighted by Gasteiger charge is 2.24. The van der Waals surface area contributed by atoms with E-state index in [-0.39, 0.29) is 5.41 Å². The Kier molecular flexibility index (Phi) is 6.66. The molecule has 1 aromatic rings. The fourth-order valence-corrected chi connectivity index (χ4v) is 5.30. The van der Waals surface area contributed by atoms with Crippen molar-refractivity contribution in [3.05, 3.63) is 14.7 Å². The predicted octanol–water partition coefficient (Wildman–Crippen LogP) is 3.33. The molecule has 7 heteroatoms. The molecule has 2 N–H and O–H groups in total. The van der Waals surface area contributed by atoms with Gasteiger partial charge in [0.05, 0.1) is 3.79 Å². The zero-order valence-corrected chi connectivity index (χ0v) is 15.6. The van der Waals surface area contributed by atoms with Crippen LogP contribution in [0.15, 0.2) is 14.7 Å². The first-order valence-electron chi connectivity index (χ1n) is 6.70. The van der Waals surface area contributed by atoms with Crippen LogP contribution in [0.2, 0.25) is 0 Å². The monoisotopic (exact) mass is 382 g/mol. The van der Waals surface area contributed by atoms with E-state index in [0.29, 0.717) is 21.8 Å². The molecule has 0 amide bonds. The molecule has 0 fully saturated rings. The average Bonchev–Trinajstić information content (AvgIpc) is 2.76. The van der Waals surface area contributed by atoms with E-state index in [1.165, 1.54) is 11.3 Å². The summed E-state index contributed by atoms with van der Waals surface area (Å²) in [6.45, 7) is 10.2. The van der Waals surface area contributed by atoms with E-state index < -0.39 is 10.0 Å². The molecule has 0 aliphatic carbocycles.